The summed E-state index contributed by atoms with van der Waals surface area (Å²) in [4.78, 5) is 16.4. The van der Waals surface area contributed by atoms with Crippen LogP contribution in [0.5, 0.6) is 0 Å². The molecule has 4 saturated heterocycles. The molecule has 6 nitrogen and oxygen atoms in total. The van der Waals surface area contributed by atoms with E-state index in [-0.39, 0.29) is 18.0 Å². The number of nitrogens with one attached hydrogen (secondary N) is 2. The van der Waals surface area contributed by atoms with E-state index in [2.05, 4.69) is 22.5 Å². The number of fused-ring (bicyclic) bond motifs is 3. The summed E-state index contributed by atoms with van der Waals surface area (Å²) in [5.41, 5.74) is 1.84. The van der Waals surface area contributed by atoms with E-state index in [0.29, 0.717) is 24.1 Å². The second kappa shape index (κ2) is 8.75. The van der Waals surface area contributed by atoms with E-state index in [9.17, 15) is 4.79 Å². The summed E-state index contributed by atoms with van der Waals surface area (Å²) >= 11 is 1.58. The standard InChI is InChI=1S/C23H29N3O3S/c1-15-21(16-6-10-26(15)11-7-16)25-22(27)17-2-4-18(5-3-17)30-23-19(8-12-29-23)20-14-28-13-9-24-20/h2-5,8,12,15-16,20-21,24H,6-7,9-11,13-14H2,1H3,(H,25,27)/t15-,20?,21-/m0/s1. The molecule has 0 spiro atoms. The third-order valence-corrected chi connectivity index (χ3v) is 7.78. The van der Waals surface area contributed by atoms with Crippen LogP contribution in [-0.4, -0.2) is 55.7 Å². The van der Waals surface area contributed by atoms with Crippen molar-refractivity contribution in [2.45, 2.75) is 47.9 Å². The van der Waals surface area contributed by atoms with Crippen LogP contribution in [0.4, 0.5) is 0 Å². The first-order valence-electron chi connectivity index (χ1n) is 10.9. The van der Waals surface area contributed by atoms with E-state index >= 15 is 0 Å². The normalized spacial score (nSPS) is 30.9. The first kappa shape index (κ1) is 20.1. The smallest absolute Gasteiger partial charge is 0.251 e. The van der Waals surface area contributed by atoms with Gasteiger partial charge in [0.05, 0.1) is 25.5 Å². The van der Waals surface area contributed by atoms with Gasteiger partial charge in [-0.05, 0) is 69.1 Å². The molecule has 0 saturated carbocycles. The molecule has 4 aliphatic heterocycles. The number of carbonyl (C=O) groups is 1. The number of nitrogens with zero attached hydrogens (tertiary/aromatic N) is 1. The van der Waals surface area contributed by atoms with Crippen molar-refractivity contribution in [1.29, 1.82) is 0 Å². The SMILES string of the molecule is C[C@H]1[C@H](NC(=O)c2ccc(Sc3occc3C3COCCN3)cc2)C2CCN1CC2. The lowest BCUT2D eigenvalue weighted by Crippen LogP contribution is -2.62. The van der Waals surface area contributed by atoms with Crippen LogP contribution in [-0.2, 0) is 4.74 Å². The fraction of sp³-hybridized carbons (Fsp3) is 0.522. The summed E-state index contributed by atoms with van der Waals surface area (Å²) in [5, 5.41) is 7.65. The third-order valence-electron chi connectivity index (χ3n) is 6.76. The predicted molar refractivity (Wildman–Crippen MR) is 116 cm³/mol. The number of amides is 1. The average Bonchev–Trinajstić information content (AvgIpc) is 3.25. The highest BCUT2D eigenvalue weighted by Gasteiger charge is 2.40. The Bertz CT molecular complexity index is 868. The lowest BCUT2D eigenvalue weighted by atomic mass is 9.79. The topological polar surface area (TPSA) is 66.7 Å². The first-order valence-corrected chi connectivity index (χ1v) is 11.7. The van der Waals surface area contributed by atoms with Crippen LogP contribution in [0.15, 0.2) is 51.0 Å². The quantitative estimate of drug-likeness (QED) is 0.763. The van der Waals surface area contributed by atoms with Crippen LogP contribution in [0.25, 0.3) is 0 Å². The molecule has 4 fully saturated rings. The average molecular weight is 428 g/mol. The summed E-state index contributed by atoms with van der Waals surface area (Å²) in [6, 6.07) is 10.7. The molecular weight excluding hydrogens is 398 g/mol. The zero-order valence-corrected chi connectivity index (χ0v) is 18.1. The van der Waals surface area contributed by atoms with Crippen LogP contribution < -0.4 is 10.6 Å². The van der Waals surface area contributed by atoms with Crippen LogP contribution >= 0.6 is 11.8 Å². The van der Waals surface area contributed by atoms with Crippen molar-refractivity contribution < 1.29 is 13.9 Å². The molecule has 2 bridgehead atoms. The van der Waals surface area contributed by atoms with Crippen molar-refractivity contribution >= 4 is 17.7 Å². The summed E-state index contributed by atoms with van der Waals surface area (Å²) < 4.78 is 11.3. The van der Waals surface area contributed by atoms with E-state index in [1.54, 1.807) is 18.0 Å². The zero-order valence-electron chi connectivity index (χ0n) is 17.3. The van der Waals surface area contributed by atoms with Gasteiger partial charge in [-0.2, -0.15) is 0 Å². The molecule has 0 aliphatic carbocycles. The van der Waals surface area contributed by atoms with Crippen molar-refractivity contribution in [3.63, 3.8) is 0 Å². The Kier molecular flexibility index (Phi) is 5.87. The highest BCUT2D eigenvalue weighted by molar-refractivity contribution is 7.99. The molecule has 0 radical (unpaired) electrons. The largest absolute Gasteiger partial charge is 0.457 e. The first-order chi connectivity index (χ1) is 14.7. The van der Waals surface area contributed by atoms with Crippen molar-refractivity contribution in [3.8, 4) is 0 Å². The molecule has 1 amide bonds. The maximum atomic E-state index is 12.8. The minimum absolute atomic E-state index is 0.0272. The van der Waals surface area contributed by atoms with Crippen molar-refractivity contribution in [1.82, 2.24) is 15.5 Å². The minimum Gasteiger partial charge on any atom is -0.457 e. The van der Waals surface area contributed by atoms with Gasteiger partial charge in [-0.25, -0.2) is 0 Å². The Morgan fingerprint density at radius 3 is 2.70 bits per heavy atom. The number of carbonyl (C=O) groups excluding carboxylic acids is 1. The lowest BCUT2D eigenvalue weighted by molar-refractivity contribution is 0.0217. The summed E-state index contributed by atoms with van der Waals surface area (Å²) in [6.07, 6.45) is 4.11. The van der Waals surface area contributed by atoms with E-state index < -0.39 is 0 Å². The number of ether oxygens (including phenoxy) is 1. The fourth-order valence-corrected chi connectivity index (χ4v) is 5.89. The van der Waals surface area contributed by atoms with Crippen LogP contribution in [0.3, 0.4) is 0 Å². The Labute approximate surface area is 181 Å². The maximum Gasteiger partial charge on any atom is 0.251 e. The van der Waals surface area contributed by atoms with Crippen molar-refractivity contribution in [3.05, 3.63) is 47.7 Å². The molecule has 160 valence electrons. The molecule has 7 heteroatoms. The maximum absolute atomic E-state index is 12.8. The molecule has 2 N–H and O–H groups in total. The number of piperidine rings is 3. The highest BCUT2D eigenvalue weighted by Crippen LogP contribution is 2.35. The number of rotatable bonds is 5. The minimum atomic E-state index is 0.0272. The van der Waals surface area contributed by atoms with Crippen LogP contribution in [0, 0.1) is 5.92 Å². The predicted octanol–water partition coefficient (Wildman–Crippen LogP) is 3.30. The summed E-state index contributed by atoms with van der Waals surface area (Å²) in [7, 11) is 0. The lowest BCUT2D eigenvalue weighted by Gasteiger charge is -2.49. The number of hydrogen-bond donors (Lipinski definition) is 2. The van der Waals surface area contributed by atoms with Crippen LogP contribution in [0.2, 0.25) is 0 Å². The third kappa shape index (κ3) is 4.04. The molecule has 30 heavy (non-hydrogen) atoms. The van der Waals surface area contributed by atoms with Gasteiger partial charge in [0.2, 0.25) is 0 Å². The highest BCUT2D eigenvalue weighted by atomic mass is 32.2. The van der Waals surface area contributed by atoms with E-state index in [0.717, 1.165) is 28.7 Å². The molecule has 3 atom stereocenters. The Hall–Kier alpha value is -1.80. The number of morpholine rings is 1. The van der Waals surface area contributed by atoms with Gasteiger partial charge in [-0.15, -0.1) is 0 Å². The van der Waals surface area contributed by atoms with Gasteiger partial charge in [-0.1, -0.05) is 11.8 Å². The van der Waals surface area contributed by atoms with Gasteiger partial charge in [0.1, 0.15) is 0 Å². The summed E-state index contributed by atoms with van der Waals surface area (Å²) in [6.45, 7) is 6.83. The molecule has 1 aromatic carbocycles. The Balaban J connectivity index is 1.23. The number of furan rings is 1. The zero-order chi connectivity index (χ0) is 20.5. The van der Waals surface area contributed by atoms with Crippen molar-refractivity contribution in [2.24, 2.45) is 5.92 Å². The van der Waals surface area contributed by atoms with Gasteiger partial charge < -0.3 is 19.8 Å². The monoisotopic (exact) mass is 427 g/mol. The van der Waals surface area contributed by atoms with E-state index in [1.807, 2.05) is 30.3 Å². The van der Waals surface area contributed by atoms with Gasteiger partial charge in [0.15, 0.2) is 5.09 Å². The second-order valence-electron chi connectivity index (χ2n) is 8.48. The molecule has 1 aromatic heterocycles. The van der Waals surface area contributed by atoms with Gasteiger partial charge >= 0.3 is 0 Å². The van der Waals surface area contributed by atoms with Crippen molar-refractivity contribution in [2.75, 3.05) is 32.8 Å². The fourth-order valence-electron chi connectivity index (χ4n) is 4.97. The van der Waals surface area contributed by atoms with E-state index in [4.69, 9.17) is 9.15 Å². The second-order valence-corrected chi connectivity index (χ2v) is 9.53. The molecule has 4 aliphatic rings. The molecule has 2 aromatic rings. The number of hydrogen-bond acceptors (Lipinski definition) is 6. The van der Waals surface area contributed by atoms with E-state index in [1.165, 1.54) is 25.9 Å². The molecule has 1 unspecified atom stereocenters. The van der Waals surface area contributed by atoms with Gasteiger partial charge in [0, 0.05) is 34.7 Å². The Morgan fingerprint density at radius 2 is 2.00 bits per heavy atom. The van der Waals surface area contributed by atoms with Gasteiger partial charge in [0.25, 0.3) is 5.91 Å². The number of benzene rings is 1. The molecular formula is C23H29N3O3S. The summed E-state index contributed by atoms with van der Waals surface area (Å²) in [5.74, 6) is 0.637. The molecule has 5 heterocycles. The Morgan fingerprint density at radius 1 is 1.20 bits per heavy atom. The molecule has 6 rings (SSSR count). The van der Waals surface area contributed by atoms with Crippen LogP contribution in [0.1, 0.15) is 41.7 Å². The van der Waals surface area contributed by atoms with Gasteiger partial charge in [-0.3, -0.25) is 9.69 Å².